The standard InChI is InChI=1S/C13H8BrF6NO/c14-6-3-8(12(15,16)17)11(9(4-6)13(18,19)20)10-2-1-7(5-21)22-10/h1-4H,5,21H2. The lowest BCUT2D eigenvalue weighted by Crippen LogP contribution is -2.14. The van der Waals surface area contributed by atoms with E-state index in [4.69, 9.17) is 10.2 Å². The Morgan fingerprint density at radius 3 is 1.82 bits per heavy atom. The molecule has 0 saturated heterocycles. The second-order valence-electron chi connectivity index (χ2n) is 4.34. The summed E-state index contributed by atoms with van der Waals surface area (Å²) in [7, 11) is 0. The van der Waals surface area contributed by atoms with E-state index in [1.54, 1.807) is 0 Å². The van der Waals surface area contributed by atoms with E-state index in [9.17, 15) is 26.3 Å². The van der Waals surface area contributed by atoms with E-state index < -0.39 is 34.8 Å². The van der Waals surface area contributed by atoms with Crippen LogP contribution in [0.15, 0.2) is 33.2 Å². The topological polar surface area (TPSA) is 39.2 Å². The van der Waals surface area contributed by atoms with Crippen molar-refractivity contribution in [1.29, 1.82) is 0 Å². The number of hydrogen-bond donors (Lipinski definition) is 1. The first-order chi connectivity index (χ1) is 10.0. The highest BCUT2D eigenvalue weighted by atomic mass is 79.9. The molecule has 120 valence electrons. The number of hydrogen-bond acceptors (Lipinski definition) is 2. The van der Waals surface area contributed by atoms with Crippen LogP contribution in [-0.2, 0) is 18.9 Å². The summed E-state index contributed by atoms with van der Waals surface area (Å²) in [5.41, 5.74) is 1.34. The maximum absolute atomic E-state index is 13.1. The number of rotatable bonds is 2. The molecule has 0 aliphatic carbocycles. The molecule has 0 spiro atoms. The molecule has 1 heterocycles. The normalized spacial score (nSPS) is 12.7. The molecule has 0 saturated carbocycles. The predicted molar refractivity (Wildman–Crippen MR) is 69.7 cm³/mol. The monoisotopic (exact) mass is 387 g/mol. The average Bonchev–Trinajstić information content (AvgIpc) is 2.84. The van der Waals surface area contributed by atoms with Crippen LogP contribution in [-0.4, -0.2) is 0 Å². The summed E-state index contributed by atoms with van der Waals surface area (Å²) >= 11 is 2.67. The van der Waals surface area contributed by atoms with Crippen LogP contribution in [0.5, 0.6) is 0 Å². The Labute approximate surface area is 129 Å². The highest BCUT2D eigenvalue weighted by Gasteiger charge is 2.42. The zero-order valence-corrected chi connectivity index (χ0v) is 12.2. The summed E-state index contributed by atoms with van der Waals surface area (Å²) in [6.45, 7) is -0.140. The van der Waals surface area contributed by atoms with Crippen LogP contribution in [0.3, 0.4) is 0 Å². The van der Waals surface area contributed by atoms with Gasteiger partial charge in [-0.05, 0) is 24.3 Å². The highest BCUT2D eigenvalue weighted by Crippen LogP contribution is 2.46. The highest BCUT2D eigenvalue weighted by molar-refractivity contribution is 9.10. The number of nitrogens with two attached hydrogens (primary N) is 1. The van der Waals surface area contributed by atoms with Gasteiger partial charge in [-0.3, -0.25) is 0 Å². The maximum atomic E-state index is 13.1. The van der Waals surface area contributed by atoms with Crippen molar-refractivity contribution in [3.05, 3.63) is 45.6 Å². The second-order valence-corrected chi connectivity index (χ2v) is 5.26. The van der Waals surface area contributed by atoms with Gasteiger partial charge in [-0.25, -0.2) is 0 Å². The summed E-state index contributed by atoms with van der Waals surface area (Å²) in [5.74, 6) is -0.452. The van der Waals surface area contributed by atoms with Crippen LogP contribution < -0.4 is 5.73 Å². The van der Waals surface area contributed by atoms with Crippen LogP contribution in [0, 0.1) is 0 Å². The van der Waals surface area contributed by atoms with Crippen molar-refractivity contribution >= 4 is 15.9 Å². The Kier molecular flexibility index (Phi) is 4.31. The lowest BCUT2D eigenvalue weighted by Gasteiger charge is -2.18. The van der Waals surface area contributed by atoms with E-state index in [-0.39, 0.29) is 16.8 Å². The molecule has 0 bridgehead atoms. The molecule has 1 aromatic heterocycles. The second kappa shape index (κ2) is 5.62. The molecule has 0 amide bonds. The fourth-order valence-electron chi connectivity index (χ4n) is 1.94. The molecule has 1 aromatic carbocycles. The van der Waals surface area contributed by atoms with Gasteiger partial charge < -0.3 is 10.2 Å². The Balaban J connectivity index is 2.82. The summed E-state index contributed by atoms with van der Waals surface area (Å²) in [4.78, 5) is 0. The van der Waals surface area contributed by atoms with Gasteiger partial charge in [0.15, 0.2) is 0 Å². The molecule has 2 N–H and O–H groups in total. The van der Waals surface area contributed by atoms with Gasteiger partial charge >= 0.3 is 12.4 Å². The van der Waals surface area contributed by atoms with E-state index in [2.05, 4.69) is 15.9 Å². The minimum atomic E-state index is -4.98. The number of halogens is 7. The smallest absolute Gasteiger partial charge is 0.417 e. The number of alkyl halides is 6. The Morgan fingerprint density at radius 2 is 1.45 bits per heavy atom. The molecule has 22 heavy (non-hydrogen) atoms. The minimum absolute atomic E-state index is 0.0826. The fourth-order valence-corrected chi connectivity index (χ4v) is 2.40. The first kappa shape index (κ1) is 16.9. The summed E-state index contributed by atoms with van der Waals surface area (Å²) in [6, 6.07) is 3.43. The largest absolute Gasteiger partial charge is 0.460 e. The van der Waals surface area contributed by atoms with Gasteiger partial charge in [-0.15, -0.1) is 0 Å². The van der Waals surface area contributed by atoms with Crippen LogP contribution in [0.2, 0.25) is 0 Å². The van der Waals surface area contributed by atoms with Gasteiger partial charge in [0.05, 0.1) is 17.7 Å². The molecule has 0 unspecified atom stereocenters. The Bertz CT molecular complexity index is 654. The minimum Gasteiger partial charge on any atom is -0.460 e. The molecule has 0 aliphatic rings. The maximum Gasteiger partial charge on any atom is 0.417 e. The molecule has 2 aromatic rings. The predicted octanol–water partition coefficient (Wildman–Crippen LogP) is 5.21. The van der Waals surface area contributed by atoms with E-state index in [1.165, 1.54) is 6.07 Å². The lowest BCUT2D eigenvalue weighted by molar-refractivity contribution is -0.142. The van der Waals surface area contributed by atoms with Crippen LogP contribution in [0.25, 0.3) is 11.3 Å². The van der Waals surface area contributed by atoms with Crippen molar-refractivity contribution in [2.24, 2.45) is 5.73 Å². The van der Waals surface area contributed by atoms with Crippen molar-refractivity contribution in [3.8, 4) is 11.3 Å². The van der Waals surface area contributed by atoms with Crippen LogP contribution >= 0.6 is 15.9 Å². The molecule has 0 atom stereocenters. The van der Waals surface area contributed by atoms with Crippen LogP contribution in [0.4, 0.5) is 26.3 Å². The van der Waals surface area contributed by atoms with E-state index in [1.807, 2.05) is 0 Å². The molecule has 0 aliphatic heterocycles. The van der Waals surface area contributed by atoms with Crippen molar-refractivity contribution in [1.82, 2.24) is 0 Å². The van der Waals surface area contributed by atoms with Gasteiger partial charge in [0.1, 0.15) is 11.5 Å². The van der Waals surface area contributed by atoms with Crippen molar-refractivity contribution in [3.63, 3.8) is 0 Å². The lowest BCUT2D eigenvalue weighted by atomic mass is 9.98. The number of benzene rings is 1. The molecule has 9 heteroatoms. The molecular formula is C13H8BrF6NO. The van der Waals surface area contributed by atoms with Crippen molar-refractivity contribution in [2.45, 2.75) is 18.9 Å². The molecule has 2 nitrogen and oxygen atoms in total. The third kappa shape index (κ3) is 3.30. The first-order valence-corrected chi connectivity index (χ1v) is 6.60. The average molecular weight is 388 g/mol. The molecule has 0 fully saturated rings. The van der Waals surface area contributed by atoms with Gasteiger partial charge in [-0.2, -0.15) is 26.3 Å². The summed E-state index contributed by atoms with van der Waals surface area (Å²) in [5, 5.41) is 0. The van der Waals surface area contributed by atoms with Crippen molar-refractivity contribution < 1.29 is 30.8 Å². The summed E-state index contributed by atoms with van der Waals surface area (Å²) < 4.78 is 83.4. The van der Waals surface area contributed by atoms with E-state index in [0.717, 1.165) is 6.07 Å². The zero-order chi connectivity index (χ0) is 16.7. The third-order valence-electron chi connectivity index (χ3n) is 2.82. The Hall–Kier alpha value is -1.48. The SMILES string of the molecule is NCc1ccc(-c2c(C(F)(F)F)cc(Br)cc2C(F)(F)F)o1. The zero-order valence-electron chi connectivity index (χ0n) is 10.6. The van der Waals surface area contributed by atoms with Gasteiger partial charge in [-0.1, -0.05) is 15.9 Å². The van der Waals surface area contributed by atoms with Gasteiger partial charge in [0.2, 0.25) is 0 Å². The van der Waals surface area contributed by atoms with Gasteiger partial charge in [0.25, 0.3) is 0 Å². The fraction of sp³-hybridized carbons (Fsp3) is 0.231. The first-order valence-electron chi connectivity index (χ1n) is 5.81. The third-order valence-corrected chi connectivity index (χ3v) is 3.28. The molecule has 0 radical (unpaired) electrons. The van der Waals surface area contributed by atoms with Crippen molar-refractivity contribution in [2.75, 3.05) is 0 Å². The van der Waals surface area contributed by atoms with E-state index in [0.29, 0.717) is 12.1 Å². The summed E-state index contributed by atoms with van der Waals surface area (Å²) in [6.07, 6.45) is -9.95. The molecular weight excluding hydrogens is 380 g/mol. The quantitative estimate of drug-likeness (QED) is 0.718. The van der Waals surface area contributed by atoms with Crippen LogP contribution in [0.1, 0.15) is 16.9 Å². The Morgan fingerprint density at radius 1 is 0.955 bits per heavy atom. The number of furan rings is 1. The van der Waals surface area contributed by atoms with Gasteiger partial charge in [0, 0.05) is 10.0 Å². The van der Waals surface area contributed by atoms with E-state index >= 15 is 0 Å². The molecule has 2 rings (SSSR count).